The van der Waals surface area contributed by atoms with Crippen molar-refractivity contribution >= 4 is 21.6 Å². The van der Waals surface area contributed by atoms with E-state index in [0.29, 0.717) is 19.0 Å². The summed E-state index contributed by atoms with van der Waals surface area (Å²) in [4.78, 5) is 0.272. The highest BCUT2D eigenvalue weighted by Crippen LogP contribution is 2.17. The molecule has 6 heteroatoms. The standard InChI is InChI=1S/C14H20ClNO3S/c1-3-10-16(11-12-19-2)20(17,18)14-6-4-13(5-7-14)8-9-15/h3-7H,1,8-12H2,2H3. The predicted octanol–water partition coefficient (Wildman–Crippen LogP) is 2.29. The number of aryl methyl sites for hydroxylation is 1. The van der Waals surface area contributed by atoms with Crippen molar-refractivity contribution in [3.63, 3.8) is 0 Å². The third-order valence-electron chi connectivity index (χ3n) is 2.82. The highest BCUT2D eigenvalue weighted by Gasteiger charge is 2.22. The molecule has 0 saturated carbocycles. The Bertz CT molecular complexity index is 514. The number of ether oxygens (including phenoxy) is 1. The molecule has 0 spiro atoms. The van der Waals surface area contributed by atoms with Gasteiger partial charge in [-0.15, -0.1) is 18.2 Å². The fourth-order valence-corrected chi connectivity index (χ4v) is 3.35. The van der Waals surface area contributed by atoms with Crippen molar-refractivity contribution in [1.82, 2.24) is 4.31 Å². The van der Waals surface area contributed by atoms with Crippen LogP contribution in [0.4, 0.5) is 0 Å². The Morgan fingerprint density at radius 2 is 2.00 bits per heavy atom. The lowest BCUT2D eigenvalue weighted by Crippen LogP contribution is -2.34. The maximum Gasteiger partial charge on any atom is 0.243 e. The van der Waals surface area contributed by atoms with E-state index >= 15 is 0 Å². The van der Waals surface area contributed by atoms with Crippen LogP contribution in [-0.4, -0.2) is 45.4 Å². The fourth-order valence-electron chi connectivity index (χ4n) is 1.73. The smallest absolute Gasteiger partial charge is 0.243 e. The zero-order valence-corrected chi connectivity index (χ0v) is 13.2. The van der Waals surface area contributed by atoms with Crippen LogP contribution in [0.15, 0.2) is 41.8 Å². The molecule has 1 rings (SSSR count). The molecular formula is C14H20ClNO3S. The molecule has 0 aliphatic carbocycles. The van der Waals surface area contributed by atoms with Crippen LogP contribution < -0.4 is 0 Å². The molecule has 1 aromatic rings. The first-order chi connectivity index (χ1) is 9.56. The lowest BCUT2D eigenvalue weighted by molar-refractivity contribution is 0.182. The second-order valence-corrected chi connectivity index (χ2v) is 6.54. The second-order valence-electron chi connectivity index (χ2n) is 4.23. The first-order valence-electron chi connectivity index (χ1n) is 6.31. The Labute approximate surface area is 126 Å². The van der Waals surface area contributed by atoms with Crippen molar-refractivity contribution in [2.75, 3.05) is 32.7 Å². The van der Waals surface area contributed by atoms with Crippen molar-refractivity contribution in [3.8, 4) is 0 Å². The molecule has 1 aromatic carbocycles. The summed E-state index contributed by atoms with van der Waals surface area (Å²) in [6, 6.07) is 6.80. The van der Waals surface area contributed by atoms with Crippen molar-refractivity contribution < 1.29 is 13.2 Å². The third-order valence-corrected chi connectivity index (χ3v) is 4.89. The molecule has 0 unspecified atom stereocenters. The van der Waals surface area contributed by atoms with Gasteiger partial charge in [-0.05, 0) is 24.1 Å². The summed E-state index contributed by atoms with van der Waals surface area (Å²) in [5.74, 6) is 0.516. The summed E-state index contributed by atoms with van der Waals surface area (Å²) in [5, 5.41) is 0. The van der Waals surface area contributed by atoms with Crippen LogP contribution in [0.3, 0.4) is 0 Å². The predicted molar refractivity (Wildman–Crippen MR) is 81.7 cm³/mol. The topological polar surface area (TPSA) is 46.6 Å². The number of sulfonamides is 1. The van der Waals surface area contributed by atoms with E-state index in [2.05, 4.69) is 6.58 Å². The van der Waals surface area contributed by atoms with Gasteiger partial charge in [-0.2, -0.15) is 4.31 Å². The van der Waals surface area contributed by atoms with E-state index in [-0.39, 0.29) is 11.4 Å². The van der Waals surface area contributed by atoms with Crippen LogP contribution in [0, 0.1) is 0 Å². The van der Waals surface area contributed by atoms with Gasteiger partial charge in [0.1, 0.15) is 0 Å². The van der Waals surface area contributed by atoms with Crippen LogP contribution in [0.2, 0.25) is 0 Å². The highest BCUT2D eigenvalue weighted by molar-refractivity contribution is 7.89. The number of benzene rings is 1. The lowest BCUT2D eigenvalue weighted by Gasteiger charge is -2.20. The van der Waals surface area contributed by atoms with Crippen LogP contribution >= 0.6 is 11.6 Å². The Hall–Kier alpha value is -0.880. The molecule has 4 nitrogen and oxygen atoms in total. The molecule has 0 bridgehead atoms. The molecule has 0 saturated heterocycles. The van der Waals surface area contributed by atoms with Gasteiger partial charge >= 0.3 is 0 Å². The normalized spacial score (nSPS) is 11.8. The minimum atomic E-state index is -3.52. The summed E-state index contributed by atoms with van der Waals surface area (Å²) in [6.45, 7) is 4.50. The number of methoxy groups -OCH3 is 1. The van der Waals surface area contributed by atoms with Crippen LogP contribution in [0.5, 0.6) is 0 Å². The maximum absolute atomic E-state index is 12.5. The number of hydrogen-bond acceptors (Lipinski definition) is 3. The number of rotatable bonds is 9. The summed E-state index contributed by atoms with van der Waals surface area (Å²) < 4.78 is 31.3. The van der Waals surface area contributed by atoms with E-state index in [1.165, 1.54) is 4.31 Å². The van der Waals surface area contributed by atoms with E-state index in [0.717, 1.165) is 12.0 Å². The maximum atomic E-state index is 12.5. The van der Waals surface area contributed by atoms with Crippen LogP contribution in [0.1, 0.15) is 5.56 Å². The molecule has 112 valence electrons. The Balaban J connectivity index is 2.96. The van der Waals surface area contributed by atoms with Gasteiger partial charge in [-0.1, -0.05) is 18.2 Å². The van der Waals surface area contributed by atoms with Crippen molar-refractivity contribution in [2.45, 2.75) is 11.3 Å². The zero-order chi connectivity index (χ0) is 15.0. The van der Waals surface area contributed by atoms with Gasteiger partial charge in [-0.3, -0.25) is 0 Å². The molecule has 0 aliphatic heterocycles. The molecule has 0 heterocycles. The van der Waals surface area contributed by atoms with Crippen molar-refractivity contribution in [1.29, 1.82) is 0 Å². The Kier molecular flexibility index (Phi) is 7.23. The van der Waals surface area contributed by atoms with Crippen molar-refractivity contribution in [2.24, 2.45) is 0 Å². The van der Waals surface area contributed by atoms with Crippen LogP contribution in [0.25, 0.3) is 0 Å². The average molecular weight is 318 g/mol. The first kappa shape index (κ1) is 17.2. The van der Waals surface area contributed by atoms with E-state index in [9.17, 15) is 8.42 Å². The third kappa shape index (κ3) is 4.59. The van der Waals surface area contributed by atoms with Gasteiger partial charge in [0, 0.05) is 26.1 Å². The first-order valence-corrected chi connectivity index (χ1v) is 8.28. The van der Waals surface area contributed by atoms with Gasteiger partial charge in [0.05, 0.1) is 11.5 Å². The zero-order valence-electron chi connectivity index (χ0n) is 11.6. The molecule has 0 atom stereocenters. The molecule has 0 fully saturated rings. The molecule has 0 N–H and O–H groups in total. The van der Waals surface area contributed by atoms with Crippen LogP contribution in [-0.2, 0) is 21.2 Å². The molecule has 20 heavy (non-hydrogen) atoms. The van der Waals surface area contributed by atoms with Crippen molar-refractivity contribution in [3.05, 3.63) is 42.5 Å². The summed E-state index contributed by atoms with van der Waals surface area (Å²) >= 11 is 5.66. The molecule has 0 aliphatic rings. The Morgan fingerprint density at radius 3 is 2.50 bits per heavy atom. The van der Waals surface area contributed by atoms with E-state index in [1.54, 1.807) is 37.5 Å². The molecule has 0 radical (unpaired) electrons. The van der Waals surface area contributed by atoms with Gasteiger partial charge in [0.25, 0.3) is 0 Å². The number of hydrogen-bond donors (Lipinski definition) is 0. The summed E-state index contributed by atoms with van der Waals surface area (Å²) in [7, 11) is -1.98. The van der Waals surface area contributed by atoms with Gasteiger partial charge in [0.2, 0.25) is 10.0 Å². The number of alkyl halides is 1. The lowest BCUT2D eigenvalue weighted by atomic mass is 10.2. The summed E-state index contributed by atoms with van der Waals surface area (Å²) in [5.41, 5.74) is 1.02. The minimum Gasteiger partial charge on any atom is -0.383 e. The van der Waals surface area contributed by atoms with Gasteiger partial charge in [0.15, 0.2) is 0 Å². The van der Waals surface area contributed by atoms with E-state index in [4.69, 9.17) is 16.3 Å². The fraction of sp³-hybridized carbons (Fsp3) is 0.429. The van der Waals surface area contributed by atoms with Gasteiger partial charge in [-0.25, -0.2) is 8.42 Å². The van der Waals surface area contributed by atoms with Gasteiger partial charge < -0.3 is 4.74 Å². The van der Waals surface area contributed by atoms with E-state index < -0.39 is 10.0 Å². The van der Waals surface area contributed by atoms with E-state index in [1.807, 2.05) is 0 Å². The number of nitrogens with zero attached hydrogens (tertiary/aromatic N) is 1. The number of halogens is 1. The Morgan fingerprint density at radius 1 is 1.35 bits per heavy atom. The molecular weight excluding hydrogens is 298 g/mol. The second kappa shape index (κ2) is 8.42. The minimum absolute atomic E-state index is 0.259. The monoisotopic (exact) mass is 317 g/mol. The molecule has 0 aromatic heterocycles. The molecule has 0 amide bonds. The quantitative estimate of drug-likeness (QED) is 0.518. The highest BCUT2D eigenvalue weighted by atomic mass is 35.5. The largest absolute Gasteiger partial charge is 0.383 e. The average Bonchev–Trinajstić information content (AvgIpc) is 2.44. The SMILES string of the molecule is C=CCN(CCOC)S(=O)(=O)c1ccc(CCCl)cc1. The summed E-state index contributed by atoms with van der Waals surface area (Å²) in [6.07, 6.45) is 2.29.